The highest BCUT2D eigenvalue weighted by molar-refractivity contribution is 6.36. The van der Waals surface area contributed by atoms with Gasteiger partial charge in [0.1, 0.15) is 0 Å². The number of ether oxygens (including phenoxy) is 2. The third-order valence-corrected chi connectivity index (χ3v) is 11.1. The third kappa shape index (κ3) is 7.57. The molecule has 6 rings (SSSR count). The fourth-order valence-corrected chi connectivity index (χ4v) is 8.14. The summed E-state index contributed by atoms with van der Waals surface area (Å²) in [7, 11) is 3.68. The van der Waals surface area contributed by atoms with Crippen LogP contribution in [0.2, 0.25) is 10.0 Å². The molecule has 254 valence electrons. The SMILES string of the molecule is CO[C@@H]1CCN([C@H]2C[C@@H](CO[C@H]3CC[C@H](C(=O)O)CC3)N(C(=O)Cc3cc(Cl)c(NC(=O)c4cn(C)c5c4C=CCC5)cc3Cl)C2)C1. The topological polar surface area (TPSA) is 113 Å². The van der Waals surface area contributed by atoms with E-state index in [4.69, 9.17) is 32.7 Å². The number of nitrogens with one attached hydrogen (secondary N) is 1. The van der Waals surface area contributed by atoms with Gasteiger partial charge in [-0.15, -0.1) is 0 Å². The van der Waals surface area contributed by atoms with E-state index in [-0.39, 0.29) is 48.4 Å². The number of fused-ring (bicyclic) bond motifs is 1. The largest absolute Gasteiger partial charge is 0.481 e. The zero-order valence-corrected chi connectivity index (χ0v) is 28.6. The molecule has 12 heteroatoms. The van der Waals surface area contributed by atoms with Crippen LogP contribution in [0, 0.1) is 5.92 Å². The molecular weight excluding hydrogens is 643 g/mol. The fraction of sp³-hybridized carbons (Fsp3) is 0.571. The lowest BCUT2D eigenvalue weighted by Gasteiger charge is -2.30. The number of anilines is 1. The van der Waals surface area contributed by atoms with E-state index < -0.39 is 5.97 Å². The monoisotopic (exact) mass is 686 g/mol. The zero-order valence-electron chi connectivity index (χ0n) is 27.1. The number of methoxy groups -OCH3 is 1. The van der Waals surface area contributed by atoms with Crippen LogP contribution < -0.4 is 5.32 Å². The number of carbonyl (C=O) groups excluding carboxylic acids is 2. The van der Waals surface area contributed by atoms with Crippen molar-refractivity contribution in [1.82, 2.24) is 14.4 Å². The molecule has 0 radical (unpaired) electrons. The number of hydrogen-bond donors (Lipinski definition) is 2. The minimum atomic E-state index is -0.736. The quantitative estimate of drug-likeness (QED) is 0.342. The number of carbonyl (C=O) groups is 3. The van der Waals surface area contributed by atoms with E-state index >= 15 is 0 Å². The van der Waals surface area contributed by atoms with Crippen LogP contribution in [0.4, 0.5) is 5.69 Å². The Morgan fingerprint density at radius 2 is 1.83 bits per heavy atom. The van der Waals surface area contributed by atoms with Gasteiger partial charge in [0.15, 0.2) is 0 Å². The minimum absolute atomic E-state index is 0.000300. The van der Waals surface area contributed by atoms with E-state index in [1.807, 2.05) is 28.8 Å². The second-order valence-corrected chi connectivity index (χ2v) is 14.2. The molecule has 0 unspecified atom stereocenters. The maximum atomic E-state index is 13.9. The Balaban J connectivity index is 1.12. The van der Waals surface area contributed by atoms with Crippen molar-refractivity contribution >= 4 is 52.7 Å². The predicted octanol–water partition coefficient (Wildman–Crippen LogP) is 5.44. The van der Waals surface area contributed by atoms with Gasteiger partial charge in [-0.2, -0.15) is 0 Å². The zero-order chi connectivity index (χ0) is 33.2. The van der Waals surface area contributed by atoms with Gasteiger partial charge < -0.3 is 29.4 Å². The van der Waals surface area contributed by atoms with E-state index in [0.29, 0.717) is 65.7 Å². The molecule has 1 aromatic heterocycles. The summed E-state index contributed by atoms with van der Waals surface area (Å²) in [6.45, 7) is 2.76. The van der Waals surface area contributed by atoms with Gasteiger partial charge in [0.25, 0.3) is 5.91 Å². The lowest BCUT2D eigenvalue weighted by molar-refractivity contribution is -0.144. The number of carboxylic acid groups (broad SMARTS) is 1. The summed E-state index contributed by atoms with van der Waals surface area (Å²) in [4.78, 5) is 42.9. The van der Waals surface area contributed by atoms with E-state index in [2.05, 4.69) is 16.3 Å². The average molecular weight is 688 g/mol. The van der Waals surface area contributed by atoms with Crippen molar-refractivity contribution < 1.29 is 29.0 Å². The van der Waals surface area contributed by atoms with Crippen LogP contribution in [0.1, 0.15) is 72.1 Å². The van der Waals surface area contributed by atoms with E-state index in [9.17, 15) is 19.5 Å². The van der Waals surface area contributed by atoms with Crippen LogP contribution in [-0.4, -0.2) is 94.9 Å². The van der Waals surface area contributed by atoms with Crippen molar-refractivity contribution in [2.75, 3.05) is 38.7 Å². The maximum absolute atomic E-state index is 13.9. The van der Waals surface area contributed by atoms with Crippen molar-refractivity contribution in [2.45, 2.75) is 82.1 Å². The second-order valence-electron chi connectivity index (χ2n) is 13.4. The van der Waals surface area contributed by atoms with Crippen molar-refractivity contribution in [2.24, 2.45) is 13.0 Å². The number of amides is 2. The number of hydrogen-bond acceptors (Lipinski definition) is 6. The van der Waals surface area contributed by atoms with E-state index in [0.717, 1.165) is 50.0 Å². The van der Waals surface area contributed by atoms with Crippen molar-refractivity contribution in [3.63, 3.8) is 0 Å². The van der Waals surface area contributed by atoms with Gasteiger partial charge in [-0.05, 0) is 69.1 Å². The Hall–Kier alpha value is -2.89. The number of likely N-dealkylation sites (tertiary alicyclic amines) is 2. The molecule has 3 atom stereocenters. The molecule has 0 bridgehead atoms. The van der Waals surface area contributed by atoms with Gasteiger partial charge in [0.05, 0.1) is 53.5 Å². The minimum Gasteiger partial charge on any atom is -0.481 e. The first-order valence-corrected chi connectivity index (χ1v) is 17.4. The highest BCUT2D eigenvalue weighted by atomic mass is 35.5. The summed E-state index contributed by atoms with van der Waals surface area (Å²) in [5.74, 6) is -1.37. The molecule has 2 saturated heterocycles. The number of allylic oxidation sites excluding steroid dienone is 1. The van der Waals surface area contributed by atoms with Crippen molar-refractivity contribution in [1.29, 1.82) is 0 Å². The molecule has 2 N–H and O–H groups in total. The van der Waals surface area contributed by atoms with Crippen LogP contribution >= 0.6 is 23.2 Å². The summed E-state index contributed by atoms with van der Waals surface area (Å²) in [5.41, 5.74) is 3.60. The van der Waals surface area contributed by atoms with E-state index in [1.54, 1.807) is 19.2 Å². The number of aromatic nitrogens is 1. The molecule has 1 saturated carbocycles. The van der Waals surface area contributed by atoms with Crippen LogP contribution in [0.15, 0.2) is 24.4 Å². The first-order chi connectivity index (χ1) is 22.6. The highest BCUT2D eigenvalue weighted by Gasteiger charge is 2.41. The molecular formula is C35H44Cl2N4O6. The highest BCUT2D eigenvalue weighted by Crippen LogP contribution is 2.34. The number of aryl methyl sites for hydroxylation is 1. The maximum Gasteiger partial charge on any atom is 0.306 e. The molecule has 3 heterocycles. The Bertz CT molecular complexity index is 1530. The molecule has 2 amide bonds. The molecule has 10 nitrogen and oxygen atoms in total. The van der Waals surface area contributed by atoms with Crippen LogP contribution in [0.25, 0.3) is 6.08 Å². The van der Waals surface area contributed by atoms with Crippen molar-refractivity contribution in [3.05, 3.63) is 56.8 Å². The van der Waals surface area contributed by atoms with Gasteiger partial charge in [-0.3, -0.25) is 19.3 Å². The molecule has 0 spiro atoms. The number of nitrogens with zero attached hydrogens (tertiary/aromatic N) is 3. The van der Waals surface area contributed by atoms with Crippen LogP contribution in [-0.2, 0) is 39.0 Å². The Labute approximate surface area is 286 Å². The predicted molar refractivity (Wildman–Crippen MR) is 181 cm³/mol. The number of carboxylic acids is 1. The summed E-state index contributed by atoms with van der Waals surface area (Å²) < 4.78 is 13.9. The first kappa shape index (κ1) is 34.0. The summed E-state index contributed by atoms with van der Waals surface area (Å²) in [6.07, 6.45) is 12.4. The lowest BCUT2D eigenvalue weighted by Crippen LogP contribution is -2.41. The number of aliphatic carboxylic acids is 1. The molecule has 1 aromatic carbocycles. The number of benzene rings is 1. The standard InChI is InChI=1S/C35H44Cl2N4O6/c1-39-19-28(27-5-3-4-6-32(27)39)34(43)38-31-16-29(36)22(13-30(31)37)14-33(42)41-17-23(40-12-11-26(18-40)46-2)15-24(41)20-47-25-9-7-21(8-10-25)35(44)45/h3,5,13,16,19,21,23-26H,4,6-12,14-15,17-18,20H2,1-2H3,(H,38,43)(H,44,45)/t21-,23-,24-,25-,26+/m0/s1. The first-order valence-electron chi connectivity index (χ1n) is 16.7. The Morgan fingerprint density at radius 3 is 2.55 bits per heavy atom. The van der Waals surface area contributed by atoms with Gasteiger partial charge >= 0.3 is 5.97 Å². The summed E-state index contributed by atoms with van der Waals surface area (Å²) >= 11 is 13.4. The average Bonchev–Trinajstić information content (AvgIpc) is 3.80. The Kier molecular flexibility index (Phi) is 10.6. The summed E-state index contributed by atoms with van der Waals surface area (Å²) in [6, 6.07) is 3.38. The normalized spacial score (nSPS) is 26.0. The van der Waals surface area contributed by atoms with Crippen LogP contribution in [0.3, 0.4) is 0 Å². The molecule has 2 aliphatic heterocycles. The molecule has 47 heavy (non-hydrogen) atoms. The van der Waals surface area contributed by atoms with Gasteiger partial charge in [-0.1, -0.05) is 35.4 Å². The fourth-order valence-electron chi connectivity index (χ4n) is 7.68. The van der Waals surface area contributed by atoms with Gasteiger partial charge in [-0.25, -0.2) is 0 Å². The number of rotatable bonds is 10. The molecule has 2 aromatic rings. The second kappa shape index (κ2) is 14.7. The van der Waals surface area contributed by atoms with Gasteiger partial charge in [0, 0.05) is 62.3 Å². The van der Waals surface area contributed by atoms with Crippen molar-refractivity contribution in [3.8, 4) is 0 Å². The van der Waals surface area contributed by atoms with Gasteiger partial charge in [0.2, 0.25) is 5.91 Å². The Morgan fingerprint density at radius 1 is 1.04 bits per heavy atom. The lowest BCUT2D eigenvalue weighted by atomic mass is 9.87. The van der Waals surface area contributed by atoms with Crippen LogP contribution in [0.5, 0.6) is 0 Å². The molecule has 2 aliphatic carbocycles. The summed E-state index contributed by atoms with van der Waals surface area (Å²) in [5, 5.41) is 12.9. The smallest absolute Gasteiger partial charge is 0.306 e. The number of halogens is 2. The molecule has 3 fully saturated rings. The van der Waals surface area contributed by atoms with E-state index in [1.165, 1.54) is 0 Å². The molecule has 4 aliphatic rings. The third-order valence-electron chi connectivity index (χ3n) is 10.4.